The number of carbonyl (C=O) groups is 2. The third kappa shape index (κ3) is 4.13. The molecule has 2 aromatic rings. The van der Waals surface area contributed by atoms with Crippen molar-refractivity contribution in [3.05, 3.63) is 45.4 Å². The first-order valence-electron chi connectivity index (χ1n) is 10.7. The van der Waals surface area contributed by atoms with E-state index in [9.17, 15) is 19.1 Å². The number of aliphatic hydroxyl groups is 1. The van der Waals surface area contributed by atoms with E-state index in [-0.39, 0.29) is 34.9 Å². The van der Waals surface area contributed by atoms with Gasteiger partial charge in [-0.25, -0.2) is 9.18 Å². The van der Waals surface area contributed by atoms with Crippen molar-refractivity contribution in [3.63, 3.8) is 0 Å². The van der Waals surface area contributed by atoms with Crippen molar-refractivity contribution in [3.8, 4) is 0 Å². The van der Waals surface area contributed by atoms with Gasteiger partial charge in [0.1, 0.15) is 11.5 Å². The van der Waals surface area contributed by atoms with Crippen molar-refractivity contribution in [1.82, 2.24) is 19.6 Å². The summed E-state index contributed by atoms with van der Waals surface area (Å²) in [4.78, 5) is 29.5. The van der Waals surface area contributed by atoms with Crippen LogP contribution in [0.4, 0.5) is 14.9 Å². The Kier molecular flexibility index (Phi) is 6.26. The van der Waals surface area contributed by atoms with Gasteiger partial charge in [-0.2, -0.15) is 5.10 Å². The number of nitrogens with zero attached hydrogens (tertiary/aromatic N) is 4. The molecular formula is C22H27BrFN5O3. The van der Waals surface area contributed by atoms with E-state index < -0.39 is 11.9 Å². The van der Waals surface area contributed by atoms with E-state index in [0.29, 0.717) is 37.3 Å². The van der Waals surface area contributed by atoms with Crippen LogP contribution >= 0.6 is 15.9 Å². The molecule has 1 aromatic carbocycles. The second-order valence-corrected chi connectivity index (χ2v) is 9.47. The lowest BCUT2D eigenvalue weighted by Crippen LogP contribution is -2.45. The summed E-state index contributed by atoms with van der Waals surface area (Å²) in [6.07, 6.45) is 0.607. The quantitative estimate of drug-likeness (QED) is 0.667. The maximum absolute atomic E-state index is 13.5. The summed E-state index contributed by atoms with van der Waals surface area (Å²) in [5.41, 5.74) is 2.53. The number of rotatable bonds is 3. The van der Waals surface area contributed by atoms with Crippen molar-refractivity contribution >= 4 is 33.6 Å². The number of aliphatic hydroxyl groups excluding tert-OH is 1. The van der Waals surface area contributed by atoms with E-state index in [1.54, 1.807) is 21.5 Å². The fourth-order valence-corrected chi connectivity index (χ4v) is 4.86. The Morgan fingerprint density at radius 2 is 2.16 bits per heavy atom. The highest BCUT2D eigenvalue weighted by Gasteiger charge is 2.38. The summed E-state index contributed by atoms with van der Waals surface area (Å²) in [6, 6.07) is 3.84. The number of fused-ring (bicyclic) bond motifs is 3. The molecule has 0 fully saturated rings. The van der Waals surface area contributed by atoms with Crippen LogP contribution in [0.2, 0.25) is 0 Å². The largest absolute Gasteiger partial charge is 0.393 e. The fraction of sp³-hybridized carbons (Fsp3) is 0.500. The van der Waals surface area contributed by atoms with E-state index >= 15 is 0 Å². The van der Waals surface area contributed by atoms with Crippen LogP contribution in [0.5, 0.6) is 0 Å². The van der Waals surface area contributed by atoms with Gasteiger partial charge in [-0.15, -0.1) is 0 Å². The Hall–Kier alpha value is -2.46. The molecule has 1 aromatic heterocycles. The molecule has 172 valence electrons. The Morgan fingerprint density at radius 1 is 1.41 bits per heavy atom. The molecule has 0 aliphatic carbocycles. The Balaban J connectivity index is 1.61. The summed E-state index contributed by atoms with van der Waals surface area (Å²) in [7, 11) is 1.73. The van der Waals surface area contributed by atoms with Gasteiger partial charge in [0.05, 0.1) is 22.8 Å². The summed E-state index contributed by atoms with van der Waals surface area (Å²) < 4.78 is 15.5. The Bertz CT molecular complexity index is 1060. The highest BCUT2D eigenvalue weighted by Crippen LogP contribution is 2.30. The maximum atomic E-state index is 13.5. The van der Waals surface area contributed by atoms with Crippen LogP contribution in [0.25, 0.3) is 0 Å². The van der Waals surface area contributed by atoms with Gasteiger partial charge in [-0.1, -0.05) is 6.92 Å². The minimum absolute atomic E-state index is 0.106. The fourth-order valence-electron chi connectivity index (χ4n) is 4.48. The third-order valence-corrected chi connectivity index (χ3v) is 6.95. The van der Waals surface area contributed by atoms with Gasteiger partial charge in [0.25, 0.3) is 5.91 Å². The van der Waals surface area contributed by atoms with Crippen molar-refractivity contribution in [2.45, 2.75) is 51.9 Å². The SMILES string of the molecule is CC[C@H](O)C1CN(C)C(=O)c2c3c(nn2C1)C[C@@H](C)N(C(=O)Nc1ccc(F)c(Br)c1)C3. The molecule has 0 bridgehead atoms. The number of benzene rings is 1. The summed E-state index contributed by atoms with van der Waals surface area (Å²) in [6.45, 7) is 5.01. The van der Waals surface area contributed by atoms with E-state index in [1.165, 1.54) is 18.2 Å². The number of aromatic nitrogens is 2. The number of nitrogens with one attached hydrogen (secondary N) is 1. The molecule has 3 amide bonds. The molecule has 10 heteroatoms. The number of carbonyl (C=O) groups excluding carboxylic acids is 2. The lowest BCUT2D eigenvalue weighted by molar-refractivity contribution is 0.0625. The highest BCUT2D eigenvalue weighted by molar-refractivity contribution is 9.10. The Labute approximate surface area is 194 Å². The third-order valence-electron chi connectivity index (χ3n) is 6.34. The van der Waals surface area contributed by atoms with Crippen molar-refractivity contribution in [1.29, 1.82) is 0 Å². The van der Waals surface area contributed by atoms with E-state index in [2.05, 4.69) is 21.2 Å². The van der Waals surface area contributed by atoms with E-state index in [4.69, 9.17) is 5.10 Å². The van der Waals surface area contributed by atoms with Crippen molar-refractivity contribution in [2.24, 2.45) is 5.92 Å². The molecule has 3 atom stereocenters. The molecule has 32 heavy (non-hydrogen) atoms. The molecular weight excluding hydrogens is 481 g/mol. The minimum atomic E-state index is -0.520. The van der Waals surface area contributed by atoms with Crippen LogP contribution in [-0.2, 0) is 19.5 Å². The topological polar surface area (TPSA) is 90.7 Å². The number of urea groups is 1. The first-order valence-corrected chi connectivity index (χ1v) is 11.5. The first-order chi connectivity index (χ1) is 15.2. The molecule has 0 saturated heterocycles. The van der Waals surface area contributed by atoms with Crippen LogP contribution in [0.3, 0.4) is 0 Å². The van der Waals surface area contributed by atoms with Crippen LogP contribution in [0.1, 0.15) is 42.0 Å². The zero-order valence-electron chi connectivity index (χ0n) is 18.3. The average molecular weight is 508 g/mol. The second kappa shape index (κ2) is 8.82. The zero-order valence-corrected chi connectivity index (χ0v) is 19.9. The van der Waals surface area contributed by atoms with Gasteiger partial charge in [0.2, 0.25) is 0 Å². The predicted octanol–water partition coefficient (Wildman–Crippen LogP) is 3.24. The lowest BCUT2D eigenvalue weighted by Gasteiger charge is -2.33. The predicted molar refractivity (Wildman–Crippen MR) is 121 cm³/mol. The van der Waals surface area contributed by atoms with Crippen molar-refractivity contribution in [2.75, 3.05) is 18.9 Å². The summed E-state index contributed by atoms with van der Waals surface area (Å²) in [5.74, 6) is -0.664. The standard InChI is InChI=1S/C22H27BrFN5O3/c1-4-19(30)13-9-27(3)21(31)20-15-11-28(12(2)7-18(15)26-29(20)10-13)22(32)25-14-5-6-17(24)16(23)8-14/h5-6,8,12-13,19,30H,4,7,9-11H2,1-3H3,(H,25,32)/t12-,13?,19+/m1/s1. The van der Waals surface area contributed by atoms with Crippen LogP contribution in [0, 0.1) is 11.7 Å². The second-order valence-electron chi connectivity index (χ2n) is 8.62. The smallest absolute Gasteiger partial charge is 0.322 e. The normalized spacial score (nSPS) is 21.6. The van der Waals surface area contributed by atoms with Crippen molar-refractivity contribution < 1.29 is 19.1 Å². The molecule has 1 unspecified atom stereocenters. The lowest BCUT2D eigenvalue weighted by atomic mass is 9.99. The molecule has 0 spiro atoms. The van der Waals surface area contributed by atoms with Crippen LogP contribution in [-0.4, -0.2) is 62.4 Å². The molecule has 8 nitrogen and oxygen atoms in total. The molecule has 0 saturated carbocycles. The first kappa shape index (κ1) is 22.7. The minimum Gasteiger partial charge on any atom is -0.393 e. The number of anilines is 1. The average Bonchev–Trinajstić information content (AvgIpc) is 3.04. The summed E-state index contributed by atoms with van der Waals surface area (Å²) in [5, 5.41) is 17.9. The maximum Gasteiger partial charge on any atom is 0.322 e. The number of hydrogen-bond acceptors (Lipinski definition) is 4. The van der Waals surface area contributed by atoms with E-state index in [0.717, 1.165) is 11.3 Å². The zero-order chi connectivity index (χ0) is 23.2. The number of amides is 3. The van der Waals surface area contributed by atoms with Gasteiger partial charge in [-0.3, -0.25) is 9.48 Å². The van der Waals surface area contributed by atoms with Gasteiger partial charge in [0.15, 0.2) is 0 Å². The van der Waals surface area contributed by atoms with Gasteiger partial charge >= 0.3 is 6.03 Å². The molecule has 3 heterocycles. The molecule has 2 aliphatic heterocycles. The monoisotopic (exact) mass is 507 g/mol. The van der Waals surface area contributed by atoms with Gasteiger partial charge < -0.3 is 20.2 Å². The highest BCUT2D eigenvalue weighted by atomic mass is 79.9. The molecule has 2 aliphatic rings. The van der Waals surface area contributed by atoms with Gasteiger partial charge in [-0.05, 0) is 47.5 Å². The Morgan fingerprint density at radius 3 is 2.84 bits per heavy atom. The molecule has 0 radical (unpaired) electrons. The molecule has 2 N–H and O–H groups in total. The molecule has 4 rings (SSSR count). The van der Waals surface area contributed by atoms with Gasteiger partial charge in [0, 0.05) is 49.8 Å². The number of hydrogen-bond donors (Lipinski definition) is 2. The van der Waals surface area contributed by atoms with Crippen LogP contribution < -0.4 is 5.32 Å². The number of halogens is 2. The van der Waals surface area contributed by atoms with E-state index in [1.807, 2.05) is 13.8 Å². The van der Waals surface area contributed by atoms with Crippen LogP contribution in [0.15, 0.2) is 22.7 Å². The summed E-state index contributed by atoms with van der Waals surface area (Å²) >= 11 is 3.13.